The molecule has 0 aromatic carbocycles. The minimum absolute atomic E-state index is 0.652. The fraction of sp³-hybridized carbons (Fsp3) is 1.00. The molecule has 2 nitrogen and oxygen atoms in total. The molecule has 2 unspecified atom stereocenters. The molecule has 0 aromatic heterocycles. The van der Waals surface area contributed by atoms with Crippen molar-refractivity contribution in [3.8, 4) is 0 Å². The molecule has 0 saturated carbocycles. The highest BCUT2D eigenvalue weighted by molar-refractivity contribution is 4.82. The van der Waals surface area contributed by atoms with Crippen LogP contribution in [0.25, 0.3) is 0 Å². The number of rotatable bonds is 8. The quantitative estimate of drug-likeness (QED) is 0.659. The number of hydrogen-bond acceptors (Lipinski definition) is 2. The maximum atomic E-state index is 5.91. The summed E-state index contributed by atoms with van der Waals surface area (Å²) in [5.74, 6) is 0.800. The molecule has 1 aliphatic rings. The van der Waals surface area contributed by atoms with Crippen molar-refractivity contribution in [1.82, 2.24) is 4.90 Å². The number of piperidine rings is 1. The highest BCUT2D eigenvalue weighted by atomic mass is 15.2. The second-order valence-electron chi connectivity index (χ2n) is 5.73. The van der Waals surface area contributed by atoms with Crippen molar-refractivity contribution in [3.05, 3.63) is 0 Å². The van der Waals surface area contributed by atoms with Crippen molar-refractivity contribution in [1.29, 1.82) is 0 Å². The lowest BCUT2D eigenvalue weighted by Crippen LogP contribution is -2.48. The third-order valence-corrected chi connectivity index (χ3v) is 4.27. The Bertz CT molecular complexity index is 182. The summed E-state index contributed by atoms with van der Waals surface area (Å²) in [6.07, 6.45) is 11.1. The van der Waals surface area contributed by atoms with Crippen molar-refractivity contribution in [2.24, 2.45) is 11.7 Å². The first-order valence-electron chi connectivity index (χ1n) is 7.73. The van der Waals surface area contributed by atoms with E-state index in [0.29, 0.717) is 6.04 Å². The molecule has 2 atom stereocenters. The number of likely N-dealkylation sites (tertiary alicyclic amines) is 1. The molecule has 2 N–H and O–H groups in total. The lowest BCUT2D eigenvalue weighted by molar-refractivity contribution is 0.104. The van der Waals surface area contributed by atoms with E-state index in [0.717, 1.165) is 12.5 Å². The molecule has 0 aliphatic carbocycles. The first-order valence-corrected chi connectivity index (χ1v) is 7.73. The first-order chi connectivity index (χ1) is 8.29. The van der Waals surface area contributed by atoms with E-state index in [2.05, 4.69) is 18.7 Å². The summed E-state index contributed by atoms with van der Waals surface area (Å²) in [6, 6.07) is 0.652. The molecule has 1 saturated heterocycles. The predicted molar refractivity (Wildman–Crippen MR) is 76.2 cm³/mol. The molecular weight excluding hydrogens is 208 g/mol. The SMILES string of the molecule is CCCCCCCCN1CCCC(C)C1CN. The fourth-order valence-corrected chi connectivity index (χ4v) is 3.09. The van der Waals surface area contributed by atoms with Crippen LogP contribution in [-0.2, 0) is 0 Å². The molecule has 1 rings (SSSR count). The minimum atomic E-state index is 0.652. The van der Waals surface area contributed by atoms with Crippen molar-refractivity contribution < 1.29 is 0 Å². The van der Waals surface area contributed by atoms with E-state index in [1.807, 2.05) is 0 Å². The summed E-state index contributed by atoms with van der Waals surface area (Å²) in [5.41, 5.74) is 5.91. The van der Waals surface area contributed by atoms with Gasteiger partial charge in [-0.15, -0.1) is 0 Å². The van der Waals surface area contributed by atoms with E-state index >= 15 is 0 Å². The monoisotopic (exact) mass is 240 g/mol. The van der Waals surface area contributed by atoms with Crippen LogP contribution in [0.1, 0.15) is 65.2 Å². The third kappa shape index (κ3) is 5.39. The molecule has 102 valence electrons. The Morgan fingerprint density at radius 3 is 2.53 bits per heavy atom. The van der Waals surface area contributed by atoms with Gasteiger partial charge >= 0.3 is 0 Å². The maximum absolute atomic E-state index is 5.91. The van der Waals surface area contributed by atoms with Crippen LogP contribution in [0, 0.1) is 5.92 Å². The molecule has 0 bridgehead atoms. The van der Waals surface area contributed by atoms with E-state index in [9.17, 15) is 0 Å². The van der Waals surface area contributed by atoms with Gasteiger partial charge in [-0.1, -0.05) is 46.0 Å². The predicted octanol–water partition coefficient (Wildman–Crippen LogP) is 3.41. The molecule has 2 heteroatoms. The number of unbranched alkanes of at least 4 members (excludes halogenated alkanes) is 5. The second kappa shape index (κ2) is 8.93. The molecule has 1 fully saturated rings. The summed E-state index contributed by atoms with van der Waals surface area (Å²) in [6.45, 7) is 8.04. The molecule has 1 aliphatic heterocycles. The van der Waals surface area contributed by atoms with Crippen molar-refractivity contribution in [3.63, 3.8) is 0 Å². The Morgan fingerprint density at radius 1 is 1.12 bits per heavy atom. The third-order valence-electron chi connectivity index (χ3n) is 4.27. The van der Waals surface area contributed by atoms with E-state index in [4.69, 9.17) is 5.73 Å². The van der Waals surface area contributed by atoms with Gasteiger partial charge in [-0.25, -0.2) is 0 Å². The fourth-order valence-electron chi connectivity index (χ4n) is 3.09. The topological polar surface area (TPSA) is 29.3 Å². The van der Waals surface area contributed by atoms with Gasteiger partial charge in [0.25, 0.3) is 0 Å². The first kappa shape index (κ1) is 15.0. The van der Waals surface area contributed by atoms with Crippen molar-refractivity contribution in [2.45, 2.75) is 71.3 Å². The van der Waals surface area contributed by atoms with Gasteiger partial charge in [0, 0.05) is 12.6 Å². The zero-order valence-corrected chi connectivity index (χ0v) is 12.0. The van der Waals surface area contributed by atoms with Crippen LogP contribution < -0.4 is 5.73 Å². The Kier molecular flexibility index (Phi) is 7.87. The van der Waals surface area contributed by atoms with Gasteiger partial charge in [0.2, 0.25) is 0 Å². The zero-order valence-electron chi connectivity index (χ0n) is 12.0. The Hall–Kier alpha value is -0.0800. The minimum Gasteiger partial charge on any atom is -0.329 e. The number of hydrogen-bond donors (Lipinski definition) is 1. The van der Waals surface area contributed by atoms with Gasteiger partial charge in [-0.3, -0.25) is 4.90 Å². The molecular formula is C15H32N2. The summed E-state index contributed by atoms with van der Waals surface area (Å²) in [4.78, 5) is 2.65. The van der Waals surface area contributed by atoms with Gasteiger partial charge < -0.3 is 5.73 Å². The van der Waals surface area contributed by atoms with Crippen molar-refractivity contribution in [2.75, 3.05) is 19.6 Å². The van der Waals surface area contributed by atoms with E-state index < -0.39 is 0 Å². The lowest BCUT2D eigenvalue weighted by Gasteiger charge is -2.39. The molecule has 0 amide bonds. The van der Waals surface area contributed by atoms with Crippen LogP contribution in [0.15, 0.2) is 0 Å². The van der Waals surface area contributed by atoms with Gasteiger partial charge in [0.05, 0.1) is 0 Å². The van der Waals surface area contributed by atoms with Gasteiger partial charge in [-0.05, 0) is 38.3 Å². The highest BCUT2D eigenvalue weighted by Gasteiger charge is 2.26. The average Bonchev–Trinajstić information content (AvgIpc) is 2.34. The molecule has 1 heterocycles. The Balaban J connectivity index is 2.12. The van der Waals surface area contributed by atoms with E-state index in [-0.39, 0.29) is 0 Å². The maximum Gasteiger partial charge on any atom is 0.0243 e. The summed E-state index contributed by atoms with van der Waals surface area (Å²) in [7, 11) is 0. The molecule has 0 aromatic rings. The zero-order chi connectivity index (χ0) is 12.5. The van der Waals surface area contributed by atoms with Crippen LogP contribution in [0.4, 0.5) is 0 Å². The van der Waals surface area contributed by atoms with Crippen molar-refractivity contribution >= 4 is 0 Å². The number of nitrogens with zero attached hydrogens (tertiary/aromatic N) is 1. The van der Waals surface area contributed by atoms with Crippen LogP contribution in [0.3, 0.4) is 0 Å². The van der Waals surface area contributed by atoms with E-state index in [1.54, 1.807) is 0 Å². The van der Waals surface area contributed by atoms with Gasteiger partial charge in [-0.2, -0.15) is 0 Å². The van der Waals surface area contributed by atoms with Crippen LogP contribution in [0.5, 0.6) is 0 Å². The van der Waals surface area contributed by atoms with Crippen LogP contribution in [0.2, 0.25) is 0 Å². The molecule has 17 heavy (non-hydrogen) atoms. The van der Waals surface area contributed by atoms with Crippen LogP contribution >= 0.6 is 0 Å². The molecule has 0 radical (unpaired) electrons. The summed E-state index contributed by atoms with van der Waals surface area (Å²) < 4.78 is 0. The normalized spacial score (nSPS) is 26.3. The average molecular weight is 240 g/mol. The largest absolute Gasteiger partial charge is 0.329 e. The Morgan fingerprint density at radius 2 is 1.82 bits per heavy atom. The smallest absolute Gasteiger partial charge is 0.0243 e. The summed E-state index contributed by atoms with van der Waals surface area (Å²) in [5, 5.41) is 0. The Labute approximate surface area is 108 Å². The molecule has 0 spiro atoms. The van der Waals surface area contributed by atoms with Gasteiger partial charge in [0.1, 0.15) is 0 Å². The number of nitrogens with two attached hydrogens (primary N) is 1. The second-order valence-corrected chi connectivity index (χ2v) is 5.73. The van der Waals surface area contributed by atoms with Crippen LogP contribution in [-0.4, -0.2) is 30.6 Å². The highest BCUT2D eigenvalue weighted by Crippen LogP contribution is 2.23. The van der Waals surface area contributed by atoms with Gasteiger partial charge in [0.15, 0.2) is 0 Å². The lowest BCUT2D eigenvalue weighted by atomic mass is 9.90. The standard InChI is InChI=1S/C15H32N2/c1-3-4-5-6-7-8-11-17-12-9-10-14(2)15(17)13-16/h14-15H,3-13,16H2,1-2H3. The van der Waals surface area contributed by atoms with E-state index in [1.165, 1.54) is 64.5 Å². The summed E-state index contributed by atoms with van der Waals surface area (Å²) >= 11 is 0.